The van der Waals surface area contributed by atoms with Crippen LogP contribution >= 0.6 is 0 Å². The highest BCUT2D eigenvalue weighted by Crippen LogP contribution is 2.22. The van der Waals surface area contributed by atoms with Gasteiger partial charge < -0.3 is 5.32 Å². The van der Waals surface area contributed by atoms with E-state index in [-0.39, 0.29) is 5.82 Å². The Morgan fingerprint density at radius 2 is 1.93 bits per heavy atom. The summed E-state index contributed by atoms with van der Waals surface area (Å²) in [5, 5.41) is 3.53. The lowest BCUT2D eigenvalue weighted by molar-refractivity contribution is 0.313. The van der Waals surface area contributed by atoms with Crippen molar-refractivity contribution in [2.45, 2.75) is 38.3 Å². The van der Waals surface area contributed by atoms with E-state index in [1.165, 1.54) is 37.0 Å². The van der Waals surface area contributed by atoms with Crippen LogP contribution in [0.15, 0.2) is 24.3 Å². The van der Waals surface area contributed by atoms with Gasteiger partial charge in [0.1, 0.15) is 5.82 Å². The van der Waals surface area contributed by atoms with Crippen LogP contribution in [0.1, 0.15) is 37.8 Å². The number of rotatable bonds is 3. The summed E-state index contributed by atoms with van der Waals surface area (Å²) in [5.74, 6) is -0.162. The molecule has 1 nitrogen and oxygen atoms in total. The van der Waals surface area contributed by atoms with Gasteiger partial charge in [-0.05, 0) is 37.5 Å². The van der Waals surface area contributed by atoms with E-state index < -0.39 is 0 Å². The summed E-state index contributed by atoms with van der Waals surface area (Å²) < 4.78 is 12.7. The highest BCUT2D eigenvalue weighted by molar-refractivity contribution is 5.19. The molecule has 1 saturated carbocycles. The molecule has 0 bridgehead atoms. The Hall–Kier alpha value is -0.890. The number of hydrogen-bond donors (Lipinski definition) is 1. The van der Waals surface area contributed by atoms with E-state index in [2.05, 4.69) is 12.2 Å². The van der Waals surface area contributed by atoms with Crippen molar-refractivity contribution in [1.29, 1.82) is 0 Å². The van der Waals surface area contributed by atoms with E-state index in [1.807, 2.05) is 12.1 Å². The van der Waals surface area contributed by atoms with Gasteiger partial charge in [0.25, 0.3) is 0 Å². The molecule has 1 atom stereocenters. The van der Waals surface area contributed by atoms with Crippen molar-refractivity contribution in [1.82, 2.24) is 5.32 Å². The largest absolute Gasteiger partial charge is 0.307 e. The minimum Gasteiger partial charge on any atom is -0.307 e. The standard InChI is InChI=1S/C12H16FN/c1-9(14-12-3-2-4-12)10-5-7-11(13)8-6-10/h5-9,12,14H,2-4H2,1H3/t9-/m1/s1. The first kappa shape index (κ1) is 9.66. The third kappa shape index (κ3) is 2.13. The maximum absolute atomic E-state index is 12.7. The molecule has 0 unspecified atom stereocenters. The molecule has 0 heterocycles. The van der Waals surface area contributed by atoms with Crippen molar-refractivity contribution in [3.63, 3.8) is 0 Å². The molecule has 2 heteroatoms. The average molecular weight is 193 g/mol. The second kappa shape index (κ2) is 4.09. The Kier molecular flexibility index (Phi) is 2.82. The number of nitrogens with one attached hydrogen (secondary N) is 1. The topological polar surface area (TPSA) is 12.0 Å². The van der Waals surface area contributed by atoms with Crippen LogP contribution in [0.3, 0.4) is 0 Å². The van der Waals surface area contributed by atoms with Gasteiger partial charge in [0.15, 0.2) is 0 Å². The first-order chi connectivity index (χ1) is 6.75. The highest BCUT2D eigenvalue weighted by atomic mass is 19.1. The summed E-state index contributed by atoms with van der Waals surface area (Å²) in [6.45, 7) is 2.13. The van der Waals surface area contributed by atoms with E-state index in [4.69, 9.17) is 0 Å². The van der Waals surface area contributed by atoms with Gasteiger partial charge in [-0.2, -0.15) is 0 Å². The molecule has 0 spiro atoms. The van der Waals surface area contributed by atoms with Crippen molar-refractivity contribution in [3.8, 4) is 0 Å². The van der Waals surface area contributed by atoms with Crippen molar-refractivity contribution in [2.24, 2.45) is 0 Å². The van der Waals surface area contributed by atoms with E-state index in [0.29, 0.717) is 12.1 Å². The predicted octanol–water partition coefficient (Wildman–Crippen LogP) is 3.03. The SMILES string of the molecule is C[C@@H](NC1CCC1)c1ccc(F)cc1. The molecule has 1 fully saturated rings. The zero-order valence-corrected chi connectivity index (χ0v) is 8.46. The van der Waals surface area contributed by atoms with Crippen molar-refractivity contribution in [3.05, 3.63) is 35.6 Å². The van der Waals surface area contributed by atoms with Crippen LogP contribution in [0.4, 0.5) is 4.39 Å². The van der Waals surface area contributed by atoms with Crippen LogP contribution in [0.2, 0.25) is 0 Å². The second-order valence-corrected chi connectivity index (χ2v) is 4.07. The van der Waals surface area contributed by atoms with Gasteiger partial charge >= 0.3 is 0 Å². The van der Waals surface area contributed by atoms with Crippen LogP contribution in [-0.2, 0) is 0 Å². The number of benzene rings is 1. The fraction of sp³-hybridized carbons (Fsp3) is 0.500. The molecule has 1 aromatic rings. The van der Waals surface area contributed by atoms with Gasteiger partial charge in [-0.25, -0.2) is 4.39 Å². The summed E-state index contributed by atoms with van der Waals surface area (Å²) >= 11 is 0. The van der Waals surface area contributed by atoms with Crippen LogP contribution in [0.25, 0.3) is 0 Å². The molecule has 76 valence electrons. The molecule has 1 N–H and O–H groups in total. The predicted molar refractivity (Wildman–Crippen MR) is 55.6 cm³/mol. The van der Waals surface area contributed by atoms with Gasteiger partial charge in [-0.3, -0.25) is 0 Å². The molecule has 14 heavy (non-hydrogen) atoms. The lowest BCUT2D eigenvalue weighted by Gasteiger charge is -2.30. The highest BCUT2D eigenvalue weighted by Gasteiger charge is 2.19. The van der Waals surface area contributed by atoms with Crippen LogP contribution in [0, 0.1) is 5.82 Å². The molecular weight excluding hydrogens is 177 g/mol. The van der Waals surface area contributed by atoms with Crippen LogP contribution in [0.5, 0.6) is 0 Å². The Balaban J connectivity index is 1.95. The average Bonchev–Trinajstić information content (AvgIpc) is 2.12. The lowest BCUT2D eigenvalue weighted by atomic mass is 9.92. The number of halogens is 1. The van der Waals surface area contributed by atoms with E-state index >= 15 is 0 Å². The van der Waals surface area contributed by atoms with E-state index in [0.717, 1.165) is 0 Å². The van der Waals surface area contributed by atoms with Crippen molar-refractivity contribution in [2.75, 3.05) is 0 Å². The molecule has 1 aromatic carbocycles. The summed E-state index contributed by atoms with van der Waals surface area (Å²) in [6.07, 6.45) is 3.91. The third-order valence-corrected chi connectivity index (χ3v) is 2.96. The smallest absolute Gasteiger partial charge is 0.123 e. The minimum absolute atomic E-state index is 0.162. The first-order valence-corrected chi connectivity index (χ1v) is 5.27. The maximum Gasteiger partial charge on any atom is 0.123 e. The zero-order chi connectivity index (χ0) is 9.97. The lowest BCUT2D eigenvalue weighted by Crippen LogP contribution is -2.36. The van der Waals surface area contributed by atoms with E-state index in [9.17, 15) is 4.39 Å². The molecule has 0 aromatic heterocycles. The van der Waals surface area contributed by atoms with E-state index in [1.54, 1.807) is 0 Å². The molecule has 0 radical (unpaired) electrons. The van der Waals surface area contributed by atoms with Gasteiger partial charge in [0.2, 0.25) is 0 Å². The summed E-state index contributed by atoms with van der Waals surface area (Å²) in [4.78, 5) is 0. The number of hydrogen-bond acceptors (Lipinski definition) is 1. The van der Waals surface area contributed by atoms with Gasteiger partial charge in [0, 0.05) is 12.1 Å². The fourth-order valence-corrected chi connectivity index (χ4v) is 1.78. The minimum atomic E-state index is -0.162. The third-order valence-electron chi connectivity index (χ3n) is 2.96. The maximum atomic E-state index is 12.7. The Bertz CT molecular complexity index is 290. The van der Waals surface area contributed by atoms with Crippen LogP contribution in [-0.4, -0.2) is 6.04 Å². The van der Waals surface area contributed by atoms with Crippen molar-refractivity contribution < 1.29 is 4.39 Å². The molecule has 0 amide bonds. The molecule has 1 aliphatic carbocycles. The fourth-order valence-electron chi connectivity index (χ4n) is 1.78. The molecule has 0 saturated heterocycles. The normalized spacial score (nSPS) is 19.0. The van der Waals surface area contributed by atoms with Crippen molar-refractivity contribution >= 4 is 0 Å². The molecular formula is C12H16FN. The Labute approximate surface area is 84.3 Å². The molecule has 2 rings (SSSR count). The first-order valence-electron chi connectivity index (χ1n) is 5.27. The Morgan fingerprint density at radius 3 is 2.43 bits per heavy atom. The Morgan fingerprint density at radius 1 is 1.29 bits per heavy atom. The van der Waals surface area contributed by atoms with Crippen LogP contribution < -0.4 is 5.32 Å². The van der Waals surface area contributed by atoms with Gasteiger partial charge in [-0.1, -0.05) is 18.6 Å². The zero-order valence-electron chi connectivity index (χ0n) is 8.46. The summed E-state index contributed by atoms with van der Waals surface area (Å²) in [7, 11) is 0. The second-order valence-electron chi connectivity index (χ2n) is 4.07. The summed E-state index contributed by atoms with van der Waals surface area (Å²) in [5.41, 5.74) is 1.17. The monoisotopic (exact) mass is 193 g/mol. The quantitative estimate of drug-likeness (QED) is 0.778. The van der Waals surface area contributed by atoms with Gasteiger partial charge in [0.05, 0.1) is 0 Å². The summed E-state index contributed by atoms with van der Waals surface area (Å²) in [6, 6.07) is 7.76. The van der Waals surface area contributed by atoms with Gasteiger partial charge in [-0.15, -0.1) is 0 Å². The molecule has 1 aliphatic rings. The molecule has 0 aliphatic heterocycles.